The van der Waals surface area contributed by atoms with Crippen molar-refractivity contribution in [3.63, 3.8) is 0 Å². The summed E-state index contributed by atoms with van der Waals surface area (Å²) in [5, 5.41) is 19.3. The highest BCUT2D eigenvalue weighted by Gasteiger charge is 2.30. The molecule has 1 saturated carbocycles. The highest BCUT2D eigenvalue weighted by molar-refractivity contribution is 5.30. The van der Waals surface area contributed by atoms with Gasteiger partial charge in [0.05, 0.1) is 6.10 Å². The fraction of sp³-hybridized carbons (Fsp3) is 0.750. The zero-order valence-corrected chi connectivity index (χ0v) is 17.2. The lowest BCUT2D eigenvalue weighted by Gasteiger charge is -2.35. The SMILES string of the molecule is CCCCCCC(C)(C)c1ccc([C@@H]2C[C@H](O)CC[C@H]2CCCO)cc1. The summed E-state index contributed by atoms with van der Waals surface area (Å²) >= 11 is 0. The first-order valence-corrected chi connectivity index (χ1v) is 10.9. The van der Waals surface area contributed by atoms with Crippen LogP contribution in [0.3, 0.4) is 0 Å². The molecule has 0 amide bonds. The molecule has 2 N–H and O–H groups in total. The van der Waals surface area contributed by atoms with Crippen molar-refractivity contribution in [1.82, 2.24) is 0 Å². The third-order valence-corrected chi connectivity index (χ3v) is 6.47. The Hall–Kier alpha value is -0.860. The van der Waals surface area contributed by atoms with E-state index in [9.17, 15) is 10.2 Å². The molecular formula is C24H40O2. The molecular weight excluding hydrogens is 320 g/mol. The fourth-order valence-corrected chi connectivity index (χ4v) is 4.64. The van der Waals surface area contributed by atoms with Crippen molar-refractivity contribution in [1.29, 1.82) is 0 Å². The van der Waals surface area contributed by atoms with Gasteiger partial charge >= 0.3 is 0 Å². The summed E-state index contributed by atoms with van der Waals surface area (Å²) in [6, 6.07) is 9.24. The average molecular weight is 361 g/mol. The summed E-state index contributed by atoms with van der Waals surface area (Å²) in [6.07, 6.45) is 11.2. The van der Waals surface area contributed by atoms with Gasteiger partial charge in [0, 0.05) is 6.61 Å². The summed E-state index contributed by atoms with van der Waals surface area (Å²) in [5.41, 5.74) is 3.03. The van der Waals surface area contributed by atoms with Crippen LogP contribution in [0, 0.1) is 5.92 Å². The number of aliphatic hydroxyl groups is 2. The maximum Gasteiger partial charge on any atom is 0.0546 e. The Morgan fingerprint density at radius 3 is 2.38 bits per heavy atom. The van der Waals surface area contributed by atoms with Gasteiger partial charge in [0.15, 0.2) is 0 Å². The van der Waals surface area contributed by atoms with E-state index in [1.165, 1.54) is 43.2 Å². The molecule has 0 heterocycles. The lowest BCUT2D eigenvalue weighted by atomic mass is 9.72. The number of rotatable bonds is 10. The lowest BCUT2D eigenvalue weighted by Crippen LogP contribution is -2.27. The molecule has 3 atom stereocenters. The van der Waals surface area contributed by atoms with Gasteiger partial charge in [-0.3, -0.25) is 0 Å². The zero-order valence-electron chi connectivity index (χ0n) is 17.2. The molecule has 0 spiro atoms. The minimum Gasteiger partial charge on any atom is -0.396 e. The van der Waals surface area contributed by atoms with Crippen molar-refractivity contribution in [2.45, 2.75) is 102 Å². The Kier molecular flexibility index (Phi) is 8.63. The minimum absolute atomic E-state index is 0.167. The first kappa shape index (κ1) is 21.4. The molecule has 0 aromatic heterocycles. The molecule has 1 aromatic carbocycles. The smallest absolute Gasteiger partial charge is 0.0546 e. The predicted octanol–water partition coefficient (Wildman–Crippen LogP) is 5.95. The predicted molar refractivity (Wildman–Crippen MR) is 111 cm³/mol. The first-order chi connectivity index (χ1) is 12.5. The van der Waals surface area contributed by atoms with E-state index < -0.39 is 0 Å². The molecule has 0 radical (unpaired) electrons. The van der Waals surface area contributed by atoms with Gasteiger partial charge in [-0.1, -0.05) is 70.7 Å². The van der Waals surface area contributed by atoms with Crippen LogP contribution in [0.1, 0.15) is 102 Å². The minimum atomic E-state index is -0.167. The Morgan fingerprint density at radius 2 is 1.73 bits per heavy atom. The molecule has 26 heavy (non-hydrogen) atoms. The lowest BCUT2D eigenvalue weighted by molar-refractivity contribution is 0.0885. The molecule has 0 aliphatic heterocycles. The van der Waals surface area contributed by atoms with Crippen LogP contribution in [0.25, 0.3) is 0 Å². The second-order valence-corrected chi connectivity index (χ2v) is 9.02. The van der Waals surface area contributed by atoms with E-state index in [4.69, 9.17) is 0 Å². The van der Waals surface area contributed by atoms with Crippen molar-refractivity contribution in [2.75, 3.05) is 6.61 Å². The summed E-state index contributed by atoms with van der Waals surface area (Å²) < 4.78 is 0. The molecule has 2 rings (SSSR count). The van der Waals surface area contributed by atoms with Crippen LogP contribution in [0.15, 0.2) is 24.3 Å². The Labute approximate surface area is 161 Å². The highest BCUT2D eigenvalue weighted by atomic mass is 16.3. The van der Waals surface area contributed by atoms with E-state index in [0.29, 0.717) is 11.8 Å². The van der Waals surface area contributed by atoms with E-state index in [1.54, 1.807) is 0 Å². The van der Waals surface area contributed by atoms with Gasteiger partial charge in [-0.2, -0.15) is 0 Å². The Bertz CT molecular complexity index is 503. The van der Waals surface area contributed by atoms with Crippen LogP contribution in [0.5, 0.6) is 0 Å². The van der Waals surface area contributed by atoms with E-state index >= 15 is 0 Å². The van der Waals surface area contributed by atoms with Crippen LogP contribution < -0.4 is 0 Å². The van der Waals surface area contributed by atoms with Gasteiger partial charge in [-0.05, 0) is 66.9 Å². The fourth-order valence-electron chi connectivity index (χ4n) is 4.64. The molecule has 1 aromatic rings. The van der Waals surface area contributed by atoms with Gasteiger partial charge in [0.2, 0.25) is 0 Å². The van der Waals surface area contributed by atoms with Crippen molar-refractivity contribution < 1.29 is 10.2 Å². The summed E-state index contributed by atoms with van der Waals surface area (Å²) in [4.78, 5) is 0. The van der Waals surface area contributed by atoms with Crippen LogP contribution in [0.2, 0.25) is 0 Å². The Morgan fingerprint density at radius 1 is 1.00 bits per heavy atom. The largest absolute Gasteiger partial charge is 0.396 e. The molecule has 1 fully saturated rings. The molecule has 0 unspecified atom stereocenters. The second kappa shape index (κ2) is 10.5. The van der Waals surface area contributed by atoms with Crippen LogP contribution in [-0.2, 0) is 5.41 Å². The number of benzene rings is 1. The molecule has 0 saturated heterocycles. The van der Waals surface area contributed by atoms with Gasteiger partial charge in [-0.25, -0.2) is 0 Å². The third-order valence-electron chi connectivity index (χ3n) is 6.47. The van der Waals surface area contributed by atoms with Crippen molar-refractivity contribution in [2.24, 2.45) is 5.92 Å². The van der Waals surface area contributed by atoms with Gasteiger partial charge in [0.1, 0.15) is 0 Å². The normalized spacial score (nSPS) is 24.0. The second-order valence-electron chi connectivity index (χ2n) is 9.02. The first-order valence-electron chi connectivity index (χ1n) is 10.9. The van der Waals surface area contributed by atoms with Crippen LogP contribution >= 0.6 is 0 Å². The van der Waals surface area contributed by atoms with E-state index in [2.05, 4.69) is 45.0 Å². The molecule has 1 aliphatic rings. The average Bonchev–Trinajstić information content (AvgIpc) is 2.64. The van der Waals surface area contributed by atoms with E-state index in [1.807, 2.05) is 0 Å². The molecule has 148 valence electrons. The quantitative estimate of drug-likeness (QED) is 0.506. The topological polar surface area (TPSA) is 40.5 Å². The van der Waals surface area contributed by atoms with Crippen molar-refractivity contribution in [3.8, 4) is 0 Å². The summed E-state index contributed by atoms with van der Waals surface area (Å²) in [6.45, 7) is 7.27. The number of hydrogen-bond donors (Lipinski definition) is 2. The van der Waals surface area contributed by atoms with Gasteiger partial charge in [-0.15, -0.1) is 0 Å². The van der Waals surface area contributed by atoms with Crippen molar-refractivity contribution >= 4 is 0 Å². The monoisotopic (exact) mass is 360 g/mol. The third kappa shape index (κ3) is 6.09. The number of unbranched alkanes of at least 4 members (excludes halogenated alkanes) is 3. The summed E-state index contributed by atoms with van der Waals surface area (Å²) in [5.74, 6) is 1.03. The zero-order chi connectivity index (χ0) is 19.0. The highest BCUT2D eigenvalue weighted by Crippen LogP contribution is 2.41. The number of hydrogen-bond acceptors (Lipinski definition) is 2. The van der Waals surface area contributed by atoms with Crippen LogP contribution in [0.4, 0.5) is 0 Å². The summed E-state index contributed by atoms with van der Waals surface area (Å²) in [7, 11) is 0. The Balaban J connectivity index is 2.03. The maximum absolute atomic E-state index is 10.2. The number of aliphatic hydroxyl groups excluding tert-OH is 2. The van der Waals surface area contributed by atoms with Crippen LogP contribution in [-0.4, -0.2) is 22.9 Å². The van der Waals surface area contributed by atoms with E-state index in [0.717, 1.165) is 32.1 Å². The van der Waals surface area contributed by atoms with Gasteiger partial charge < -0.3 is 10.2 Å². The molecule has 1 aliphatic carbocycles. The van der Waals surface area contributed by atoms with Gasteiger partial charge in [0.25, 0.3) is 0 Å². The maximum atomic E-state index is 10.2. The molecule has 2 heteroatoms. The molecule has 0 bridgehead atoms. The van der Waals surface area contributed by atoms with E-state index in [-0.39, 0.29) is 18.1 Å². The van der Waals surface area contributed by atoms with Crippen molar-refractivity contribution in [3.05, 3.63) is 35.4 Å². The molecule has 2 nitrogen and oxygen atoms in total. The standard InChI is InChI=1S/C24H40O2/c1-4-5-6-7-16-24(2,3)21-13-10-20(11-14-21)23-18-22(26)15-12-19(23)9-8-17-25/h10-11,13-14,19,22-23,25-26H,4-9,12,15-18H2,1-3H3/t19-,22-,23-/m1/s1.